The maximum atomic E-state index is 13.3. The monoisotopic (exact) mass is 290 g/mol. The quantitative estimate of drug-likeness (QED) is 0.784. The fraction of sp³-hybridized carbons (Fsp3) is 0.500. The van der Waals surface area contributed by atoms with Gasteiger partial charge in [0, 0.05) is 6.54 Å². The second kappa shape index (κ2) is 4.91. The molecule has 2 saturated heterocycles. The van der Waals surface area contributed by atoms with E-state index in [4.69, 9.17) is 0 Å². The van der Waals surface area contributed by atoms with E-state index in [0.29, 0.717) is 13.1 Å². The second-order valence-electron chi connectivity index (χ2n) is 6.71. The lowest BCUT2D eigenvalue weighted by molar-refractivity contribution is -0.166. The molecule has 112 valence electrons. The molecule has 1 atom stereocenters. The number of rotatable bonds is 2. The summed E-state index contributed by atoms with van der Waals surface area (Å²) in [6.45, 7) is 5.19. The van der Waals surface area contributed by atoms with Gasteiger partial charge in [0.1, 0.15) is 5.82 Å². The first-order chi connectivity index (χ1) is 9.85. The number of hydrogen-bond acceptors (Lipinski definition) is 3. The maximum absolute atomic E-state index is 13.3. The zero-order valence-electron chi connectivity index (χ0n) is 12.3. The molecular weight excluding hydrogens is 271 g/mol. The van der Waals surface area contributed by atoms with Crippen molar-refractivity contribution in [3.05, 3.63) is 35.6 Å². The van der Waals surface area contributed by atoms with Crippen molar-refractivity contribution >= 4 is 11.7 Å². The molecule has 0 radical (unpaired) electrons. The highest BCUT2D eigenvalue weighted by Gasteiger charge is 2.48. The van der Waals surface area contributed by atoms with Crippen molar-refractivity contribution in [3.63, 3.8) is 0 Å². The Balaban J connectivity index is 1.86. The van der Waals surface area contributed by atoms with Gasteiger partial charge in [-0.3, -0.25) is 14.6 Å². The van der Waals surface area contributed by atoms with Crippen LogP contribution in [0.3, 0.4) is 0 Å². The molecule has 2 aliphatic rings. The van der Waals surface area contributed by atoms with E-state index in [1.54, 1.807) is 17.1 Å². The molecule has 4 nitrogen and oxygen atoms in total. The fourth-order valence-corrected chi connectivity index (χ4v) is 3.26. The molecule has 5 heteroatoms. The summed E-state index contributed by atoms with van der Waals surface area (Å²) < 4.78 is 13.3. The van der Waals surface area contributed by atoms with Crippen LogP contribution in [0.5, 0.6) is 0 Å². The topological polar surface area (TPSA) is 40.6 Å². The van der Waals surface area contributed by atoms with E-state index in [-0.39, 0.29) is 35.4 Å². The van der Waals surface area contributed by atoms with Crippen molar-refractivity contribution < 1.29 is 14.0 Å². The van der Waals surface area contributed by atoms with Crippen molar-refractivity contribution in [3.8, 4) is 0 Å². The molecule has 0 N–H and O–H groups in total. The Morgan fingerprint density at radius 1 is 1.33 bits per heavy atom. The lowest BCUT2D eigenvalue weighted by atomic mass is 9.89. The normalized spacial score (nSPS) is 25.3. The summed E-state index contributed by atoms with van der Waals surface area (Å²) in [6.07, 6.45) is 0.714. The number of nitrogens with zero attached hydrogens (tertiary/aromatic N) is 2. The highest BCUT2D eigenvalue weighted by Crippen LogP contribution is 2.38. The highest BCUT2D eigenvalue weighted by molar-refractivity contribution is 6.02. The first-order valence-corrected chi connectivity index (χ1v) is 7.20. The number of ketones is 1. The number of fused-ring (bicyclic) bond motifs is 1. The zero-order valence-corrected chi connectivity index (χ0v) is 12.3. The third-order valence-electron chi connectivity index (χ3n) is 4.21. The van der Waals surface area contributed by atoms with Crippen molar-refractivity contribution in [1.29, 1.82) is 0 Å². The summed E-state index contributed by atoms with van der Waals surface area (Å²) in [5, 5.41) is 3.49. The number of Topliss-reactive ketones (excluding diaryl/α,β-unsaturated/α-hetero) is 1. The Hall–Kier alpha value is -1.75. The summed E-state index contributed by atoms with van der Waals surface area (Å²) in [5.74, 6) is -0.509. The average Bonchev–Trinajstić information content (AvgIpc) is 2.71. The van der Waals surface area contributed by atoms with Crippen LogP contribution in [0, 0.1) is 11.2 Å². The third kappa shape index (κ3) is 2.70. The highest BCUT2D eigenvalue weighted by atomic mass is 19.1. The molecule has 1 aromatic carbocycles. The van der Waals surface area contributed by atoms with E-state index < -0.39 is 0 Å². The summed E-state index contributed by atoms with van der Waals surface area (Å²) in [7, 11) is 0. The standard InChI is InChI=1S/C16H19FN2O2/c1-16(2)8-13-14(20)7-15(21)18(19(13)10-16)9-11-4-3-5-12(17)6-11/h3-6,13H,7-10H2,1-2H3/t13-/m0/s1. The molecule has 1 amide bonds. The van der Waals surface area contributed by atoms with Gasteiger partial charge in [-0.15, -0.1) is 0 Å². The molecule has 0 bridgehead atoms. The zero-order chi connectivity index (χ0) is 15.2. The van der Waals surface area contributed by atoms with Gasteiger partial charge in [0.25, 0.3) is 0 Å². The maximum Gasteiger partial charge on any atom is 0.244 e. The van der Waals surface area contributed by atoms with Gasteiger partial charge in [0.05, 0.1) is 19.0 Å². The van der Waals surface area contributed by atoms with Crippen molar-refractivity contribution in [2.45, 2.75) is 39.3 Å². The Labute approximate surface area is 123 Å². The van der Waals surface area contributed by atoms with Gasteiger partial charge in [-0.2, -0.15) is 0 Å². The van der Waals surface area contributed by atoms with Crippen LogP contribution < -0.4 is 0 Å². The lowest BCUT2D eigenvalue weighted by Crippen LogP contribution is -2.56. The SMILES string of the molecule is CC1(C)C[C@H]2C(=O)CC(=O)N(Cc3cccc(F)c3)N2C1. The number of carbonyl (C=O) groups excluding carboxylic acids is 2. The predicted octanol–water partition coefficient (Wildman–Crippen LogP) is 2.14. The third-order valence-corrected chi connectivity index (χ3v) is 4.21. The number of amides is 1. The second-order valence-corrected chi connectivity index (χ2v) is 6.71. The summed E-state index contributed by atoms with van der Waals surface area (Å²) in [4.78, 5) is 24.3. The van der Waals surface area contributed by atoms with Crippen LogP contribution in [0.25, 0.3) is 0 Å². The van der Waals surface area contributed by atoms with Crippen LogP contribution in [0.1, 0.15) is 32.3 Å². The number of benzene rings is 1. The van der Waals surface area contributed by atoms with Gasteiger partial charge < -0.3 is 0 Å². The number of hydrogen-bond donors (Lipinski definition) is 0. The molecule has 3 rings (SSSR count). The van der Waals surface area contributed by atoms with E-state index in [1.165, 1.54) is 12.1 Å². The van der Waals surface area contributed by atoms with Crippen LogP contribution in [0.15, 0.2) is 24.3 Å². The fourth-order valence-electron chi connectivity index (χ4n) is 3.26. The molecule has 0 spiro atoms. The number of hydrazine groups is 1. The van der Waals surface area contributed by atoms with E-state index in [1.807, 2.05) is 5.01 Å². The van der Waals surface area contributed by atoms with Gasteiger partial charge in [0.15, 0.2) is 5.78 Å². The van der Waals surface area contributed by atoms with Crippen LogP contribution in [0.4, 0.5) is 4.39 Å². The molecule has 0 aromatic heterocycles. The molecule has 2 heterocycles. The van der Waals surface area contributed by atoms with E-state index >= 15 is 0 Å². The average molecular weight is 290 g/mol. The van der Waals surface area contributed by atoms with Gasteiger partial charge in [-0.25, -0.2) is 9.40 Å². The van der Waals surface area contributed by atoms with E-state index in [0.717, 1.165) is 12.0 Å². The largest absolute Gasteiger partial charge is 0.297 e. The van der Waals surface area contributed by atoms with Crippen molar-refractivity contribution in [2.75, 3.05) is 6.54 Å². The minimum atomic E-state index is -0.314. The Morgan fingerprint density at radius 3 is 2.81 bits per heavy atom. The first kappa shape index (κ1) is 14.2. The van der Waals surface area contributed by atoms with Gasteiger partial charge in [0.2, 0.25) is 5.91 Å². The Bertz CT molecular complexity index is 600. The Morgan fingerprint density at radius 2 is 2.10 bits per heavy atom. The van der Waals surface area contributed by atoms with E-state index in [9.17, 15) is 14.0 Å². The molecular formula is C16H19FN2O2. The number of carbonyl (C=O) groups is 2. The minimum absolute atomic E-state index is 0.000988. The Kier molecular flexibility index (Phi) is 3.32. The predicted molar refractivity (Wildman–Crippen MR) is 75.5 cm³/mol. The molecule has 2 fully saturated rings. The molecule has 1 aromatic rings. The van der Waals surface area contributed by atoms with Crippen LogP contribution >= 0.6 is 0 Å². The van der Waals surface area contributed by atoms with Crippen molar-refractivity contribution in [1.82, 2.24) is 10.0 Å². The number of halogens is 1. The lowest BCUT2D eigenvalue weighted by Gasteiger charge is -2.39. The smallest absolute Gasteiger partial charge is 0.244 e. The van der Waals surface area contributed by atoms with Gasteiger partial charge in [-0.05, 0) is 29.5 Å². The van der Waals surface area contributed by atoms with Crippen LogP contribution in [0.2, 0.25) is 0 Å². The summed E-state index contributed by atoms with van der Waals surface area (Å²) in [5.41, 5.74) is 0.742. The molecule has 2 aliphatic heterocycles. The summed E-state index contributed by atoms with van der Waals surface area (Å²) in [6, 6.07) is 6.03. The van der Waals surface area contributed by atoms with Crippen molar-refractivity contribution in [2.24, 2.45) is 5.41 Å². The van der Waals surface area contributed by atoms with Gasteiger partial charge >= 0.3 is 0 Å². The molecule has 21 heavy (non-hydrogen) atoms. The van der Waals surface area contributed by atoms with Crippen LogP contribution in [-0.2, 0) is 16.1 Å². The first-order valence-electron chi connectivity index (χ1n) is 7.20. The van der Waals surface area contributed by atoms with E-state index in [2.05, 4.69) is 13.8 Å². The van der Waals surface area contributed by atoms with Crippen LogP contribution in [-0.4, -0.2) is 34.3 Å². The summed E-state index contributed by atoms with van der Waals surface area (Å²) >= 11 is 0. The minimum Gasteiger partial charge on any atom is -0.297 e. The van der Waals surface area contributed by atoms with Gasteiger partial charge in [-0.1, -0.05) is 26.0 Å². The molecule has 0 unspecified atom stereocenters. The molecule has 0 saturated carbocycles. The molecule has 0 aliphatic carbocycles.